The molecule has 0 aromatic rings. The molecule has 3 aliphatic rings. The lowest BCUT2D eigenvalue weighted by Crippen LogP contribution is -2.65. The summed E-state index contributed by atoms with van der Waals surface area (Å²) in [4.78, 5) is 16.1. The van der Waals surface area contributed by atoms with Gasteiger partial charge in [-0.2, -0.15) is 0 Å². The Bertz CT molecular complexity index is 346. The molecule has 0 aromatic heterocycles. The van der Waals surface area contributed by atoms with Crippen LogP contribution in [0.5, 0.6) is 0 Å². The first kappa shape index (κ1) is 14.7. The standard InChI is InChI=1S/C16H29N2O/c1-13(2)15(19)11-17-12-16-5-8-18(9-6-16,10-7-16)14(3)4/h12-14H,5-11H2,1-4H3/q+1. The Morgan fingerprint density at radius 2 is 1.68 bits per heavy atom. The Hall–Kier alpha value is -0.700. The molecule has 0 saturated carbocycles. The third-order valence-electron chi connectivity index (χ3n) is 5.52. The van der Waals surface area contributed by atoms with Crippen molar-refractivity contribution >= 4 is 12.0 Å². The minimum absolute atomic E-state index is 0.109. The first-order valence-electron chi connectivity index (χ1n) is 7.79. The topological polar surface area (TPSA) is 29.4 Å². The Kier molecular flexibility index (Phi) is 4.14. The second-order valence-electron chi connectivity index (χ2n) is 7.19. The van der Waals surface area contributed by atoms with Gasteiger partial charge in [0.15, 0.2) is 5.78 Å². The van der Waals surface area contributed by atoms with Crippen molar-refractivity contribution in [3.63, 3.8) is 0 Å². The van der Waals surface area contributed by atoms with Gasteiger partial charge in [-0.3, -0.25) is 9.79 Å². The van der Waals surface area contributed by atoms with E-state index in [1.54, 1.807) is 0 Å². The van der Waals surface area contributed by atoms with Crippen LogP contribution in [-0.2, 0) is 4.79 Å². The fraction of sp³-hybridized carbons (Fsp3) is 0.875. The van der Waals surface area contributed by atoms with Crippen molar-refractivity contribution in [1.29, 1.82) is 0 Å². The summed E-state index contributed by atoms with van der Waals surface area (Å²) in [5, 5.41) is 0. The average Bonchev–Trinajstić information content (AvgIpc) is 2.40. The molecule has 0 aromatic carbocycles. The Morgan fingerprint density at radius 1 is 1.16 bits per heavy atom. The van der Waals surface area contributed by atoms with Gasteiger partial charge in [0.05, 0.1) is 32.2 Å². The molecule has 3 rings (SSSR count). The molecule has 108 valence electrons. The van der Waals surface area contributed by atoms with Crippen LogP contribution in [0.4, 0.5) is 0 Å². The molecule has 3 heterocycles. The molecule has 3 heteroatoms. The van der Waals surface area contributed by atoms with Gasteiger partial charge in [0.1, 0.15) is 0 Å². The van der Waals surface area contributed by atoms with Crippen molar-refractivity contribution in [3.05, 3.63) is 0 Å². The highest BCUT2D eigenvalue weighted by molar-refractivity contribution is 5.84. The summed E-state index contributed by atoms with van der Waals surface area (Å²) in [6, 6.07) is 0.748. The number of piperidine rings is 3. The molecular weight excluding hydrogens is 236 g/mol. The van der Waals surface area contributed by atoms with Gasteiger partial charge in [0.25, 0.3) is 0 Å². The summed E-state index contributed by atoms with van der Waals surface area (Å²) in [5.41, 5.74) is 0.312. The zero-order valence-corrected chi connectivity index (χ0v) is 13.0. The van der Waals surface area contributed by atoms with Crippen LogP contribution in [0.15, 0.2) is 4.99 Å². The van der Waals surface area contributed by atoms with E-state index in [2.05, 4.69) is 25.1 Å². The summed E-state index contributed by atoms with van der Waals surface area (Å²) in [6.45, 7) is 12.9. The number of hydrogen-bond acceptors (Lipinski definition) is 2. The first-order valence-corrected chi connectivity index (χ1v) is 7.79. The lowest BCUT2D eigenvalue weighted by atomic mass is 9.71. The zero-order chi connectivity index (χ0) is 14.1. The van der Waals surface area contributed by atoms with Crippen LogP contribution in [0.2, 0.25) is 0 Å². The minimum Gasteiger partial charge on any atom is -0.322 e. The van der Waals surface area contributed by atoms with E-state index in [9.17, 15) is 4.79 Å². The molecule has 2 bridgehead atoms. The van der Waals surface area contributed by atoms with Crippen molar-refractivity contribution < 1.29 is 9.28 Å². The van der Waals surface area contributed by atoms with Crippen LogP contribution >= 0.6 is 0 Å². The molecule has 0 amide bonds. The van der Waals surface area contributed by atoms with E-state index in [1.165, 1.54) is 43.4 Å². The predicted octanol–water partition coefficient (Wildman–Crippen LogP) is 2.69. The van der Waals surface area contributed by atoms with Gasteiger partial charge in [-0.25, -0.2) is 0 Å². The fourth-order valence-corrected chi connectivity index (χ4v) is 3.53. The smallest absolute Gasteiger partial charge is 0.156 e. The molecule has 0 N–H and O–H groups in total. The van der Waals surface area contributed by atoms with Crippen LogP contribution in [-0.4, -0.2) is 48.7 Å². The molecule has 0 aliphatic carbocycles. The molecule has 0 radical (unpaired) electrons. The van der Waals surface area contributed by atoms with E-state index in [1.807, 2.05) is 13.8 Å². The Morgan fingerprint density at radius 3 is 2.11 bits per heavy atom. The maximum absolute atomic E-state index is 11.6. The number of carbonyl (C=O) groups excluding carboxylic acids is 1. The van der Waals surface area contributed by atoms with Gasteiger partial charge >= 0.3 is 0 Å². The number of Topliss-reactive ketones (excluding diaryl/α,β-unsaturated/α-hetero) is 1. The summed E-state index contributed by atoms with van der Waals surface area (Å²) >= 11 is 0. The minimum atomic E-state index is 0.109. The molecule has 0 unspecified atom stereocenters. The van der Waals surface area contributed by atoms with Crippen molar-refractivity contribution in [3.8, 4) is 0 Å². The van der Waals surface area contributed by atoms with Gasteiger partial charge < -0.3 is 4.48 Å². The predicted molar refractivity (Wildman–Crippen MR) is 79.5 cm³/mol. The number of nitrogens with zero attached hydrogens (tertiary/aromatic N) is 2. The Labute approximate surface area is 117 Å². The number of quaternary nitrogens is 1. The van der Waals surface area contributed by atoms with Gasteiger partial charge in [-0.15, -0.1) is 0 Å². The van der Waals surface area contributed by atoms with Crippen LogP contribution in [0.1, 0.15) is 47.0 Å². The quantitative estimate of drug-likeness (QED) is 0.555. The highest BCUT2D eigenvalue weighted by Gasteiger charge is 2.49. The van der Waals surface area contributed by atoms with Gasteiger partial charge in [-0.1, -0.05) is 13.8 Å². The van der Waals surface area contributed by atoms with Crippen molar-refractivity contribution in [2.45, 2.75) is 53.0 Å². The maximum Gasteiger partial charge on any atom is 0.156 e. The maximum atomic E-state index is 11.6. The summed E-state index contributed by atoms with van der Waals surface area (Å²) in [7, 11) is 0. The van der Waals surface area contributed by atoms with E-state index in [0.29, 0.717) is 12.0 Å². The largest absolute Gasteiger partial charge is 0.322 e. The fourth-order valence-electron chi connectivity index (χ4n) is 3.53. The molecule has 19 heavy (non-hydrogen) atoms. The van der Waals surface area contributed by atoms with E-state index in [-0.39, 0.29) is 11.7 Å². The monoisotopic (exact) mass is 265 g/mol. The Balaban J connectivity index is 1.93. The third-order valence-corrected chi connectivity index (χ3v) is 5.52. The molecule has 3 fully saturated rings. The van der Waals surface area contributed by atoms with Crippen molar-refractivity contribution in [2.75, 3.05) is 26.2 Å². The van der Waals surface area contributed by atoms with E-state index in [4.69, 9.17) is 0 Å². The molecule has 3 aliphatic heterocycles. The van der Waals surface area contributed by atoms with E-state index < -0.39 is 0 Å². The van der Waals surface area contributed by atoms with Crippen molar-refractivity contribution in [2.24, 2.45) is 16.3 Å². The number of fused-ring (bicyclic) bond motifs is 3. The lowest BCUT2D eigenvalue weighted by Gasteiger charge is -2.55. The molecular formula is C16H29N2O+. The average molecular weight is 265 g/mol. The summed E-state index contributed by atoms with van der Waals surface area (Å²) in [5.74, 6) is 0.365. The number of aliphatic imine (C=N–C) groups is 1. The highest BCUT2D eigenvalue weighted by Crippen LogP contribution is 2.43. The highest BCUT2D eigenvalue weighted by atomic mass is 16.1. The van der Waals surface area contributed by atoms with E-state index >= 15 is 0 Å². The normalized spacial score (nSPS) is 34.6. The second-order valence-corrected chi connectivity index (χ2v) is 7.19. The second kappa shape index (κ2) is 5.35. The third kappa shape index (κ3) is 2.91. The summed E-state index contributed by atoms with van der Waals surface area (Å²) < 4.78 is 1.31. The van der Waals surface area contributed by atoms with Crippen molar-refractivity contribution in [1.82, 2.24) is 0 Å². The van der Waals surface area contributed by atoms with Gasteiger partial charge in [0.2, 0.25) is 0 Å². The molecule has 0 atom stereocenters. The number of ketones is 1. The van der Waals surface area contributed by atoms with Crippen LogP contribution < -0.4 is 0 Å². The SMILES string of the molecule is CC(C)C(=O)CN=CC12CC[N+](C(C)C)(CC1)CC2. The van der Waals surface area contributed by atoms with E-state index in [0.717, 1.165) is 6.04 Å². The number of rotatable bonds is 5. The van der Waals surface area contributed by atoms with Crippen LogP contribution in [0.25, 0.3) is 0 Å². The molecule has 0 spiro atoms. The van der Waals surface area contributed by atoms with Crippen LogP contribution in [0, 0.1) is 11.3 Å². The number of hydrogen-bond donors (Lipinski definition) is 0. The molecule has 3 nitrogen and oxygen atoms in total. The zero-order valence-electron chi connectivity index (χ0n) is 13.0. The van der Waals surface area contributed by atoms with Crippen LogP contribution in [0.3, 0.4) is 0 Å². The lowest BCUT2D eigenvalue weighted by molar-refractivity contribution is -0.962. The van der Waals surface area contributed by atoms with Gasteiger partial charge in [0, 0.05) is 36.8 Å². The molecule has 3 saturated heterocycles. The summed E-state index contributed by atoms with van der Waals surface area (Å²) in [6.07, 6.45) is 5.90. The van der Waals surface area contributed by atoms with Gasteiger partial charge in [-0.05, 0) is 13.8 Å². The first-order chi connectivity index (χ1) is 8.89. The number of carbonyl (C=O) groups is 1.